The van der Waals surface area contributed by atoms with E-state index in [1.807, 2.05) is 13.8 Å². The van der Waals surface area contributed by atoms with Crippen molar-refractivity contribution in [1.82, 2.24) is 0 Å². The molecule has 0 amide bonds. The number of ether oxygens (including phenoxy) is 1. The van der Waals surface area contributed by atoms with Crippen molar-refractivity contribution in [3.63, 3.8) is 0 Å². The van der Waals surface area contributed by atoms with Crippen LogP contribution in [-0.2, 0) is 19.1 Å². The molecule has 0 aromatic heterocycles. The van der Waals surface area contributed by atoms with Crippen LogP contribution in [0.25, 0.3) is 0 Å². The summed E-state index contributed by atoms with van der Waals surface area (Å²) in [6, 6.07) is 0. The number of fused-ring (bicyclic) bond motifs is 2. The second-order valence-corrected chi connectivity index (χ2v) is 14.1. The number of carbonyl (C=O) groups is 3. The minimum absolute atomic E-state index is 0.0311. The van der Waals surface area contributed by atoms with Gasteiger partial charge in [-0.3, -0.25) is 14.4 Å². The summed E-state index contributed by atoms with van der Waals surface area (Å²) < 4.78 is 5.97. The number of allylic oxidation sites excluding steroid dienone is 2. The molecule has 4 nitrogen and oxygen atoms in total. The van der Waals surface area contributed by atoms with Crippen molar-refractivity contribution in [3.8, 4) is 0 Å². The lowest BCUT2D eigenvalue weighted by atomic mass is 9.43. The van der Waals surface area contributed by atoms with Crippen molar-refractivity contribution >= 4 is 17.5 Å². The topological polar surface area (TPSA) is 60.4 Å². The molecule has 1 saturated heterocycles. The van der Waals surface area contributed by atoms with Gasteiger partial charge in [0.2, 0.25) is 0 Å². The highest BCUT2D eigenvalue weighted by molar-refractivity contribution is 5.92. The molecular weight excluding hydrogens is 424 g/mol. The summed E-state index contributed by atoms with van der Waals surface area (Å²) in [5.74, 6) is 1.48. The van der Waals surface area contributed by atoms with Gasteiger partial charge in [-0.25, -0.2) is 0 Å². The van der Waals surface area contributed by atoms with Gasteiger partial charge in [-0.1, -0.05) is 26.3 Å². The van der Waals surface area contributed by atoms with E-state index in [9.17, 15) is 14.4 Å². The van der Waals surface area contributed by atoms with Gasteiger partial charge in [0, 0.05) is 31.1 Å². The van der Waals surface area contributed by atoms with Gasteiger partial charge < -0.3 is 4.74 Å². The average molecular weight is 469 g/mol. The van der Waals surface area contributed by atoms with E-state index < -0.39 is 5.60 Å². The average Bonchev–Trinajstić information content (AvgIpc) is 3.33. The maximum atomic E-state index is 13.7. The molecular formula is C30H44O4. The second-order valence-electron chi connectivity index (χ2n) is 14.1. The van der Waals surface area contributed by atoms with Gasteiger partial charge in [0.05, 0.1) is 0 Å². The third-order valence-corrected chi connectivity index (χ3v) is 11.8. The molecule has 0 radical (unpaired) electrons. The Bertz CT molecular complexity index is 972. The maximum absolute atomic E-state index is 13.7. The molecule has 0 aromatic carbocycles. The van der Waals surface area contributed by atoms with Crippen molar-refractivity contribution < 1.29 is 19.1 Å². The highest BCUT2D eigenvalue weighted by Gasteiger charge is 2.82. The molecule has 5 fully saturated rings. The molecule has 0 aromatic rings. The summed E-state index contributed by atoms with van der Waals surface area (Å²) in [6.07, 6.45) is 9.97. The smallest absolute Gasteiger partial charge is 0.306 e. The molecule has 5 aliphatic rings. The fourth-order valence-electron chi connectivity index (χ4n) is 10.6. The van der Waals surface area contributed by atoms with Crippen LogP contribution in [0.3, 0.4) is 0 Å². The molecule has 4 saturated carbocycles. The first-order valence-electron chi connectivity index (χ1n) is 13.6. The van der Waals surface area contributed by atoms with E-state index in [0.717, 1.165) is 37.7 Å². The van der Waals surface area contributed by atoms with E-state index in [1.54, 1.807) is 6.08 Å². The number of carbonyl (C=O) groups excluding carboxylic acids is 3. The number of rotatable bonds is 4. The van der Waals surface area contributed by atoms with Crippen LogP contribution in [0.2, 0.25) is 0 Å². The number of cyclic esters (lactones) is 1. The van der Waals surface area contributed by atoms with Gasteiger partial charge in [-0.15, -0.1) is 0 Å². The van der Waals surface area contributed by atoms with Crippen LogP contribution in [-0.4, -0.2) is 23.1 Å². The number of ketones is 2. The van der Waals surface area contributed by atoms with E-state index in [4.69, 9.17) is 4.74 Å². The van der Waals surface area contributed by atoms with Crippen LogP contribution < -0.4 is 0 Å². The normalized spacial score (nSPS) is 47.2. The first-order chi connectivity index (χ1) is 15.7. The van der Waals surface area contributed by atoms with Gasteiger partial charge in [-0.2, -0.15) is 0 Å². The highest BCUT2D eigenvalue weighted by Crippen LogP contribution is 2.87. The molecule has 1 heterocycles. The number of hydrogen-bond acceptors (Lipinski definition) is 4. The highest BCUT2D eigenvalue weighted by atomic mass is 16.6. The lowest BCUT2D eigenvalue weighted by molar-refractivity contribution is -0.168. The molecule has 1 aliphatic heterocycles. The number of hydrogen-bond donors (Lipinski definition) is 0. The van der Waals surface area contributed by atoms with Gasteiger partial charge in [-0.05, 0) is 106 Å². The Kier molecular flexibility index (Phi) is 5.20. The van der Waals surface area contributed by atoms with E-state index in [2.05, 4.69) is 34.6 Å². The third-order valence-electron chi connectivity index (χ3n) is 11.8. The third kappa shape index (κ3) is 2.98. The maximum Gasteiger partial charge on any atom is 0.306 e. The Hall–Kier alpha value is -1.45. The predicted molar refractivity (Wildman–Crippen MR) is 132 cm³/mol. The van der Waals surface area contributed by atoms with Gasteiger partial charge in [0.1, 0.15) is 11.4 Å². The van der Waals surface area contributed by atoms with E-state index in [-0.39, 0.29) is 45.2 Å². The summed E-state index contributed by atoms with van der Waals surface area (Å²) in [7, 11) is 0. The van der Waals surface area contributed by atoms with E-state index in [0.29, 0.717) is 36.9 Å². The minimum atomic E-state index is -0.405. The van der Waals surface area contributed by atoms with Gasteiger partial charge in [0.15, 0.2) is 5.78 Å². The summed E-state index contributed by atoms with van der Waals surface area (Å²) in [5, 5.41) is 0. The minimum Gasteiger partial charge on any atom is -0.459 e. The molecule has 0 N–H and O–H groups in total. The SMILES string of the molecule is CC(C)=CC(=O)C[C@@H](C)[C@H]1C(=O)C[C@@]2(C)[C@@H]3CC[C@H]4C(C)(C)OC(=O)CC[C@@]45C[C@@]35CC[C@]12C. The fourth-order valence-corrected chi connectivity index (χ4v) is 10.6. The second kappa shape index (κ2) is 7.29. The van der Waals surface area contributed by atoms with Crippen LogP contribution in [0.1, 0.15) is 106 Å². The Morgan fingerprint density at radius 3 is 2.32 bits per heavy atom. The largest absolute Gasteiger partial charge is 0.459 e. The van der Waals surface area contributed by atoms with E-state index >= 15 is 0 Å². The summed E-state index contributed by atoms with van der Waals surface area (Å²) >= 11 is 0. The summed E-state index contributed by atoms with van der Waals surface area (Å²) in [5.41, 5.74) is 0.977. The molecule has 5 rings (SSSR count). The molecule has 4 aliphatic carbocycles. The van der Waals surface area contributed by atoms with Gasteiger partial charge >= 0.3 is 5.97 Å². The Labute approximate surface area is 205 Å². The van der Waals surface area contributed by atoms with Crippen molar-refractivity contribution in [2.75, 3.05) is 0 Å². The van der Waals surface area contributed by atoms with Crippen molar-refractivity contribution in [2.24, 2.45) is 45.3 Å². The van der Waals surface area contributed by atoms with Crippen LogP contribution in [0.15, 0.2) is 11.6 Å². The molecule has 0 unspecified atom stereocenters. The Morgan fingerprint density at radius 2 is 1.65 bits per heavy atom. The molecule has 0 bridgehead atoms. The first kappa shape index (κ1) is 24.3. The van der Waals surface area contributed by atoms with Gasteiger partial charge in [0.25, 0.3) is 0 Å². The molecule has 4 heteroatoms. The van der Waals surface area contributed by atoms with Crippen LogP contribution in [0.4, 0.5) is 0 Å². The van der Waals surface area contributed by atoms with Crippen LogP contribution in [0.5, 0.6) is 0 Å². The zero-order valence-electron chi connectivity index (χ0n) is 22.4. The number of Topliss-reactive ketones (excluding diaryl/α,β-unsaturated/α-hetero) is 1. The summed E-state index contributed by atoms with van der Waals surface area (Å²) in [4.78, 5) is 38.8. The monoisotopic (exact) mass is 468 g/mol. The first-order valence-corrected chi connectivity index (χ1v) is 13.6. The van der Waals surface area contributed by atoms with Crippen molar-refractivity contribution in [1.29, 1.82) is 0 Å². The number of esters is 1. The van der Waals surface area contributed by atoms with Crippen LogP contribution in [0, 0.1) is 45.3 Å². The molecule has 8 atom stereocenters. The van der Waals surface area contributed by atoms with Crippen molar-refractivity contribution in [3.05, 3.63) is 11.6 Å². The zero-order chi connectivity index (χ0) is 24.9. The predicted octanol–water partition coefficient (Wildman–Crippen LogP) is 6.46. The Balaban J connectivity index is 1.47. The van der Waals surface area contributed by atoms with Crippen molar-refractivity contribution in [2.45, 2.75) is 112 Å². The van der Waals surface area contributed by atoms with Crippen LogP contribution >= 0.6 is 0 Å². The quantitative estimate of drug-likeness (QED) is 0.351. The summed E-state index contributed by atoms with van der Waals surface area (Å²) in [6.45, 7) is 15.1. The molecule has 2 spiro atoms. The zero-order valence-corrected chi connectivity index (χ0v) is 22.4. The molecule has 34 heavy (non-hydrogen) atoms. The fraction of sp³-hybridized carbons (Fsp3) is 0.833. The molecule has 188 valence electrons. The van der Waals surface area contributed by atoms with E-state index in [1.165, 1.54) is 6.42 Å². The standard InChI is InChI=1S/C30H44O4/c1-18(2)14-20(31)15-19(3)25-21(32)16-28(7)23-9-8-22-26(4,5)34-24(33)10-11-29(22)17-30(23,29)13-12-27(25,28)6/h14,19,22-23,25H,8-13,15-17H2,1-7H3/t19-,22+,23+,25+,27-,28+,29-,30+/m1/s1. The Morgan fingerprint density at radius 1 is 1.00 bits per heavy atom. The lowest BCUT2D eigenvalue weighted by Gasteiger charge is -2.61. The lowest BCUT2D eigenvalue weighted by Crippen LogP contribution is -2.56.